The van der Waals surface area contributed by atoms with E-state index in [0.29, 0.717) is 16.3 Å². The van der Waals surface area contributed by atoms with Gasteiger partial charge < -0.3 is 10.8 Å². The van der Waals surface area contributed by atoms with Gasteiger partial charge in [0.15, 0.2) is 0 Å². The first kappa shape index (κ1) is 9.47. The van der Waals surface area contributed by atoms with E-state index in [0.717, 1.165) is 0 Å². The summed E-state index contributed by atoms with van der Waals surface area (Å²) >= 11 is 0. The summed E-state index contributed by atoms with van der Waals surface area (Å²) in [5.74, 6) is -1.13. The molecule has 1 aromatic carbocycles. The number of fused-ring (bicyclic) bond motifs is 1. The predicted molar refractivity (Wildman–Crippen MR) is 48.7 cm³/mol. The van der Waals surface area contributed by atoms with Gasteiger partial charge >= 0.3 is 12.0 Å². The number of rotatable bonds is 2. The molecule has 0 aromatic heterocycles. The Morgan fingerprint density at radius 1 is 1.33 bits per heavy atom. The van der Waals surface area contributed by atoms with Crippen LogP contribution in [0.3, 0.4) is 0 Å². The zero-order valence-electron chi connectivity index (χ0n) is 7.54. The molecule has 1 aliphatic heterocycles. The molecule has 2 rings (SSSR count). The fourth-order valence-electron chi connectivity index (χ4n) is 1.29. The van der Waals surface area contributed by atoms with Crippen molar-refractivity contribution in [2.45, 2.75) is 6.04 Å². The van der Waals surface area contributed by atoms with Crippen molar-refractivity contribution in [3.63, 3.8) is 0 Å². The first-order chi connectivity index (χ1) is 7.08. The van der Waals surface area contributed by atoms with Crippen molar-refractivity contribution in [2.75, 3.05) is 0 Å². The molecule has 1 aromatic rings. The number of carbonyl (C=O) groups excluding carboxylic acids is 1. The molecule has 1 unspecified atom stereocenters. The van der Waals surface area contributed by atoms with Gasteiger partial charge in [-0.05, 0) is 17.7 Å². The Labute approximate surface area is 83.8 Å². The Morgan fingerprint density at radius 2 is 2.00 bits per heavy atom. The molecule has 6 heteroatoms. The van der Waals surface area contributed by atoms with Gasteiger partial charge in [0.05, 0.1) is 10.7 Å². The summed E-state index contributed by atoms with van der Waals surface area (Å²) < 4.78 is 0. The number of nitrogens with two attached hydrogens (primary N) is 1. The number of carbonyl (C=O) groups is 2. The minimum absolute atomic E-state index is 0.370. The Balaban J connectivity index is 2.54. The summed E-state index contributed by atoms with van der Waals surface area (Å²) in [7, 11) is 0. The van der Waals surface area contributed by atoms with Crippen LogP contribution in [0.25, 0.3) is 0 Å². The van der Waals surface area contributed by atoms with Gasteiger partial charge in [-0.25, -0.2) is 4.79 Å². The molecule has 0 aliphatic carbocycles. The molecule has 3 N–H and O–H groups in total. The maximum Gasteiger partial charge on any atom is 0.368 e. The highest BCUT2D eigenvalue weighted by Crippen LogP contribution is 2.06. The van der Waals surface area contributed by atoms with Crippen LogP contribution in [0, 0.1) is 0 Å². The van der Waals surface area contributed by atoms with E-state index < -0.39 is 18.0 Å². The van der Waals surface area contributed by atoms with Crippen molar-refractivity contribution < 1.29 is 14.7 Å². The van der Waals surface area contributed by atoms with Gasteiger partial charge in [-0.1, -0.05) is 6.07 Å². The summed E-state index contributed by atoms with van der Waals surface area (Å²) in [6, 6.07) is 2.83. The topological polar surface area (TPSA) is 105 Å². The standard InChI is InChI=1S/C9H7N3O3/c10-7(8(13)14)4-1-2-5-6(3-4)12-9(15)11-5/h1-3,7H,10H2,(H,13,14). The van der Waals surface area contributed by atoms with Crippen molar-refractivity contribution >= 4 is 12.0 Å². The summed E-state index contributed by atoms with van der Waals surface area (Å²) in [6.07, 6.45) is 0. The highest BCUT2D eigenvalue weighted by molar-refractivity contribution is 5.78. The second-order valence-electron chi connectivity index (χ2n) is 3.07. The molecule has 0 spiro atoms. The number of hydrogen-bond donors (Lipinski definition) is 2. The van der Waals surface area contributed by atoms with E-state index in [1.165, 1.54) is 18.2 Å². The Kier molecular flexibility index (Phi) is 2.05. The predicted octanol–water partition coefficient (Wildman–Crippen LogP) is -0.856. The van der Waals surface area contributed by atoms with Crippen molar-refractivity contribution in [2.24, 2.45) is 15.7 Å². The molecule has 1 aliphatic rings. The quantitative estimate of drug-likeness (QED) is 0.655. The van der Waals surface area contributed by atoms with Gasteiger partial charge in [-0.3, -0.25) is 4.79 Å². The van der Waals surface area contributed by atoms with Crippen LogP contribution < -0.4 is 16.4 Å². The number of urea groups is 1. The monoisotopic (exact) mass is 205 g/mol. The highest BCUT2D eigenvalue weighted by Gasteiger charge is 2.15. The van der Waals surface area contributed by atoms with Crippen molar-refractivity contribution in [3.05, 3.63) is 34.5 Å². The minimum Gasteiger partial charge on any atom is -0.480 e. The smallest absolute Gasteiger partial charge is 0.368 e. The van der Waals surface area contributed by atoms with Crippen molar-refractivity contribution in [1.29, 1.82) is 0 Å². The number of hydrogen-bond acceptors (Lipinski definition) is 3. The zero-order valence-corrected chi connectivity index (χ0v) is 7.54. The molecule has 1 heterocycles. The number of benzene rings is 1. The van der Waals surface area contributed by atoms with Crippen LogP contribution in [-0.4, -0.2) is 17.1 Å². The van der Waals surface area contributed by atoms with Gasteiger partial charge in [0.2, 0.25) is 0 Å². The Hall–Kier alpha value is -2.08. The Bertz CT molecular complexity index is 564. The fourth-order valence-corrected chi connectivity index (χ4v) is 1.29. The first-order valence-corrected chi connectivity index (χ1v) is 4.17. The van der Waals surface area contributed by atoms with Crippen LogP contribution in [-0.2, 0) is 4.79 Å². The normalized spacial score (nSPS) is 15.1. The van der Waals surface area contributed by atoms with E-state index in [1.807, 2.05) is 0 Å². The molecule has 0 fully saturated rings. The molecule has 0 saturated carbocycles. The second kappa shape index (κ2) is 3.25. The third-order valence-electron chi connectivity index (χ3n) is 2.06. The molecule has 0 bridgehead atoms. The summed E-state index contributed by atoms with van der Waals surface area (Å²) in [5.41, 5.74) is 5.81. The van der Waals surface area contributed by atoms with Crippen molar-refractivity contribution in [3.8, 4) is 0 Å². The van der Waals surface area contributed by atoms with E-state index in [4.69, 9.17) is 10.8 Å². The number of carboxylic acids is 1. The summed E-state index contributed by atoms with van der Waals surface area (Å²) in [6.45, 7) is 0. The third-order valence-corrected chi connectivity index (χ3v) is 2.06. The molecule has 0 saturated heterocycles. The highest BCUT2D eigenvalue weighted by atomic mass is 16.4. The lowest BCUT2D eigenvalue weighted by molar-refractivity contribution is -0.138. The van der Waals surface area contributed by atoms with Crippen LogP contribution in [0.4, 0.5) is 4.79 Å². The molecule has 0 radical (unpaired) electrons. The fraction of sp³-hybridized carbons (Fsp3) is 0.111. The van der Waals surface area contributed by atoms with E-state index in [2.05, 4.69) is 9.98 Å². The van der Waals surface area contributed by atoms with Gasteiger partial charge in [0.1, 0.15) is 6.04 Å². The van der Waals surface area contributed by atoms with Gasteiger partial charge in [-0.15, -0.1) is 0 Å². The van der Waals surface area contributed by atoms with Crippen LogP contribution in [0.1, 0.15) is 11.6 Å². The average molecular weight is 205 g/mol. The molecule has 1 atom stereocenters. The lowest BCUT2D eigenvalue weighted by Gasteiger charge is -2.04. The largest absolute Gasteiger partial charge is 0.480 e. The lowest BCUT2D eigenvalue weighted by atomic mass is 10.1. The molecule has 15 heavy (non-hydrogen) atoms. The zero-order chi connectivity index (χ0) is 11.0. The van der Waals surface area contributed by atoms with E-state index >= 15 is 0 Å². The second-order valence-corrected chi connectivity index (χ2v) is 3.07. The number of amides is 2. The maximum atomic E-state index is 10.8. The Morgan fingerprint density at radius 3 is 2.67 bits per heavy atom. The summed E-state index contributed by atoms with van der Waals surface area (Å²) in [5, 5.41) is 9.51. The van der Waals surface area contributed by atoms with Gasteiger partial charge in [-0.2, -0.15) is 9.98 Å². The number of nitrogens with zero attached hydrogens (tertiary/aromatic N) is 2. The maximum absolute atomic E-state index is 10.8. The molecular formula is C9H7N3O3. The van der Waals surface area contributed by atoms with Gasteiger partial charge in [0, 0.05) is 0 Å². The van der Waals surface area contributed by atoms with Gasteiger partial charge in [0.25, 0.3) is 0 Å². The number of carboxylic acid groups (broad SMARTS) is 1. The van der Waals surface area contributed by atoms with Crippen LogP contribution in [0.5, 0.6) is 0 Å². The molecule has 2 amide bonds. The molecule has 6 nitrogen and oxygen atoms in total. The first-order valence-electron chi connectivity index (χ1n) is 4.17. The van der Waals surface area contributed by atoms with E-state index in [1.54, 1.807) is 0 Å². The van der Waals surface area contributed by atoms with Crippen LogP contribution in [0.2, 0.25) is 0 Å². The van der Waals surface area contributed by atoms with Crippen LogP contribution >= 0.6 is 0 Å². The minimum atomic E-state index is -1.13. The van der Waals surface area contributed by atoms with E-state index in [9.17, 15) is 9.59 Å². The SMILES string of the molecule is NC(C(=O)O)c1ccc2c(c1)=NC(=O)N=2. The molecule has 76 valence electrons. The van der Waals surface area contributed by atoms with Crippen molar-refractivity contribution in [1.82, 2.24) is 0 Å². The average Bonchev–Trinajstić information content (AvgIpc) is 2.55. The summed E-state index contributed by atoms with van der Waals surface area (Å²) in [4.78, 5) is 28.7. The number of aliphatic carboxylic acids is 1. The molecular weight excluding hydrogens is 198 g/mol. The van der Waals surface area contributed by atoms with E-state index in [-0.39, 0.29) is 0 Å². The third kappa shape index (κ3) is 1.62. The lowest BCUT2D eigenvalue weighted by Crippen LogP contribution is -2.27. The van der Waals surface area contributed by atoms with Crippen LogP contribution in [0.15, 0.2) is 28.2 Å².